The van der Waals surface area contributed by atoms with Crippen LogP contribution in [0.2, 0.25) is 0 Å². The molecule has 1 spiro atoms. The number of esters is 2. The van der Waals surface area contributed by atoms with Crippen LogP contribution in [0.4, 0.5) is 0 Å². The average molecular weight is 509 g/mol. The zero-order valence-electron chi connectivity index (χ0n) is 21.6. The van der Waals surface area contributed by atoms with Gasteiger partial charge in [-0.15, -0.1) is 0 Å². The Morgan fingerprint density at radius 2 is 1.97 bits per heavy atom. The van der Waals surface area contributed by atoms with Crippen LogP contribution in [-0.4, -0.2) is 47.4 Å². The average Bonchev–Trinajstić information content (AvgIpc) is 3.21. The molecule has 2 heterocycles. The van der Waals surface area contributed by atoms with E-state index in [1.807, 2.05) is 19.9 Å². The van der Waals surface area contributed by atoms with Crippen LogP contribution in [0.5, 0.6) is 0 Å². The van der Waals surface area contributed by atoms with E-state index in [2.05, 4.69) is 6.92 Å². The summed E-state index contributed by atoms with van der Waals surface area (Å²) in [6.07, 6.45) is 9.41. The van der Waals surface area contributed by atoms with Crippen LogP contribution in [-0.2, 0) is 28.6 Å². The van der Waals surface area contributed by atoms with Crippen molar-refractivity contribution in [2.45, 2.75) is 70.7 Å². The SMILES string of the molecule is CC(=O)OCC(=O)[C@@]1(OC(=O)c2ccco2)[C@H](C)C[C@H]2[C@@H]3CCC4=CC(=O)C=C[C@]4(C)[C@@]34O[C@@H]4C[C@@]21C. The first kappa shape index (κ1) is 24.3. The summed E-state index contributed by atoms with van der Waals surface area (Å²) in [5.74, 6) is -1.84. The second-order valence-electron chi connectivity index (χ2n) is 11.8. The lowest BCUT2D eigenvalue weighted by Crippen LogP contribution is -2.63. The minimum Gasteiger partial charge on any atom is -0.458 e. The molecule has 8 atom stereocenters. The third-order valence-corrected chi connectivity index (χ3v) is 10.3. The number of ketones is 2. The molecule has 0 aromatic carbocycles. The molecule has 196 valence electrons. The molecule has 0 N–H and O–H groups in total. The molecule has 1 saturated heterocycles. The molecule has 6 rings (SSSR count). The number of furan rings is 1. The molecular formula is C29H32O8. The molecule has 0 amide bonds. The third kappa shape index (κ3) is 2.99. The van der Waals surface area contributed by atoms with E-state index >= 15 is 0 Å². The van der Waals surface area contributed by atoms with E-state index in [9.17, 15) is 19.2 Å². The molecule has 0 radical (unpaired) electrons. The van der Waals surface area contributed by atoms with Crippen molar-refractivity contribution in [2.75, 3.05) is 6.61 Å². The summed E-state index contributed by atoms with van der Waals surface area (Å²) in [5.41, 5.74) is -1.98. The van der Waals surface area contributed by atoms with Gasteiger partial charge in [0.1, 0.15) is 5.60 Å². The van der Waals surface area contributed by atoms with E-state index in [0.717, 1.165) is 18.4 Å². The normalized spacial score (nSPS) is 43.0. The fraction of sp³-hybridized carbons (Fsp3) is 0.586. The highest BCUT2D eigenvalue weighted by Crippen LogP contribution is 2.77. The van der Waals surface area contributed by atoms with Crippen LogP contribution in [0.15, 0.2) is 46.6 Å². The van der Waals surface area contributed by atoms with Gasteiger partial charge in [0.05, 0.1) is 12.4 Å². The first-order chi connectivity index (χ1) is 17.5. The van der Waals surface area contributed by atoms with E-state index in [4.69, 9.17) is 18.6 Å². The Bertz CT molecular complexity index is 1260. The van der Waals surface area contributed by atoms with Crippen molar-refractivity contribution >= 4 is 23.5 Å². The first-order valence-electron chi connectivity index (χ1n) is 13.0. The summed E-state index contributed by atoms with van der Waals surface area (Å²) in [6.45, 7) is 6.91. The third-order valence-electron chi connectivity index (χ3n) is 10.3. The summed E-state index contributed by atoms with van der Waals surface area (Å²) in [6, 6.07) is 3.10. The second kappa shape index (κ2) is 7.76. The zero-order valence-corrected chi connectivity index (χ0v) is 21.6. The Balaban J connectivity index is 1.42. The fourth-order valence-electron chi connectivity index (χ4n) is 8.70. The Morgan fingerprint density at radius 3 is 2.68 bits per heavy atom. The number of Topliss-reactive ketones (excluding diaryl/α,β-unsaturated/α-hetero) is 1. The summed E-state index contributed by atoms with van der Waals surface area (Å²) in [4.78, 5) is 51.0. The predicted molar refractivity (Wildman–Crippen MR) is 129 cm³/mol. The molecule has 1 aromatic heterocycles. The predicted octanol–water partition coefficient (Wildman–Crippen LogP) is 3.99. The van der Waals surface area contributed by atoms with Crippen molar-refractivity contribution in [3.63, 3.8) is 0 Å². The molecule has 1 aromatic rings. The van der Waals surface area contributed by atoms with E-state index in [0.29, 0.717) is 12.8 Å². The summed E-state index contributed by atoms with van der Waals surface area (Å²) in [7, 11) is 0. The molecule has 0 unspecified atom stereocenters. The molecule has 3 saturated carbocycles. The number of hydrogen-bond acceptors (Lipinski definition) is 8. The van der Waals surface area contributed by atoms with Crippen LogP contribution in [0.1, 0.15) is 63.9 Å². The lowest BCUT2D eigenvalue weighted by atomic mass is 9.46. The lowest BCUT2D eigenvalue weighted by molar-refractivity contribution is -0.172. The number of hydrogen-bond donors (Lipinski definition) is 0. The van der Waals surface area contributed by atoms with Crippen LogP contribution in [0, 0.1) is 28.6 Å². The molecular weight excluding hydrogens is 476 g/mol. The molecule has 5 aliphatic rings. The Morgan fingerprint density at radius 1 is 1.19 bits per heavy atom. The van der Waals surface area contributed by atoms with Crippen molar-refractivity contribution < 1.29 is 37.8 Å². The van der Waals surface area contributed by atoms with Gasteiger partial charge in [-0.25, -0.2) is 4.79 Å². The summed E-state index contributed by atoms with van der Waals surface area (Å²) < 4.78 is 23.3. The van der Waals surface area contributed by atoms with Crippen molar-refractivity contribution in [2.24, 2.45) is 28.6 Å². The van der Waals surface area contributed by atoms with Crippen LogP contribution >= 0.6 is 0 Å². The van der Waals surface area contributed by atoms with Gasteiger partial charge in [-0.05, 0) is 68.7 Å². The highest BCUT2D eigenvalue weighted by Gasteiger charge is 2.83. The molecule has 4 fully saturated rings. The van der Waals surface area contributed by atoms with Gasteiger partial charge in [0, 0.05) is 23.7 Å². The number of fused-ring (bicyclic) bond motifs is 3. The van der Waals surface area contributed by atoms with Crippen molar-refractivity contribution in [3.8, 4) is 0 Å². The maximum atomic E-state index is 14.0. The maximum absolute atomic E-state index is 14.0. The van der Waals surface area contributed by atoms with Crippen LogP contribution in [0.3, 0.4) is 0 Å². The van der Waals surface area contributed by atoms with Gasteiger partial charge in [0.15, 0.2) is 18.0 Å². The number of carbonyl (C=O) groups excluding carboxylic acids is 4. The molecule has 0 bridgehead atoms. The lowest BCUT2D eigenvalue weighted by Gasteiger charge is -2.56. The first-order valence-corrected chi connectivity index (χ1v) is 13.0. The maximum Gasteiger partial charge on any atom is 0.375 e. The van der Waals surface area contributed by atoms with Crippen molar-refractivity contribution in [1.29, 1.82) is 0 Å². The van der Waals surface area contributed by atoms with E-state index in [-0.39, 0.29) is 35.4 Å². The Hall–Kier alpha value is -3.00. The highest BCUT2D eigenvalue weighted by atomic mass is 16.6. The number of epoxide rings is 1. The smallest absolute Gasteiger partial charge is 0.375 e. The van der Waals surface area contributed by atoms with Crippen molar-refractivity contribution in [1.82, 2.24) is 0 Å². The van der Waals surface area contributed by atoms with E-state index in [1.165, 1.54) is 19.3 Å². The van der Waals surface area contributed by atoms with Crippen molar-refractivity contribution in [3.05, 3.63) is 48.0 Å². The van der Waals surface area contributed by atoms with Gasteiger partial charge < -0.3 is 18.6 Å². The second-order valence-corrected chi connectivity index (χ2v) is 11.8. The molecule has 8 nitrogen and oxygen atoms in total. The van der Waals surface area contributed by atoms with Crippen LogP contribution < -0.4 is 0 Å². The van der Waals surface area contributed by atoms with E-state index < -0.39 is 46.4 Å². The van der Waals surface area contributed by atoms with Crippen LogP contribution in [0.25, 0.3) is 0 Å². The fourth-order valence-corrected chi connectivity index (χ4v) is 8.70. The number of carbonyl (C=O) groups is 4. The number of allylic oxidation sites excluding steroid dienone is 2. The van der Waals surface area contributed by atoms with Gasteiger partial charge in [0.2, 0.25) is 11.5 Å². The molecule has 4 aliphatic carbocycles. The van der Waals surface area contributed by atoms with Gasteiger partial charge in [0.25, 0.3) is 0 Å². The quantitative estimate of drug-likeness (QED) is 0.433. The number of rotatable bonds is 5. The van der Waals surface area contributed by atoms with Gasteiger partial charge in [-0.1, -0.05) is 25.5 Å². The van der Waals surface area contributed by atoms with Gasteiger partial charge in [-0.3, -0.25) is 14.4 Å². The molecule has 37 heavy (non-hydrogen) atoms. The highest BCUT2D eigenvalue weighted by molar-refractivity contribution is 6.01. The molecule has 1 aliphatic heterocycles. The minimum absolute atomic E-state index is 0.00887. The summed E-state index contributed by atoms with van der Waals surface area (Å²) in [5, 5.41) is 0. The zero-order chi connectivity index (χ0) is 26.4. The van der Waals surface area contributed by atoms with Gasteiger partial charge >= 0.3 is 11.9 Å². The number of ether oxygens (including phenoxy) is 3. The monoisotopic (exact) mass is 508 g/mol. The minimum atomic E-state index is -1.51. The topological polar surface area (TPSA) is 112 Å². The summed E-state index contributed by atoms with van der Waals surface area (Å²) >= 11 is 0. The Kier molecular flexibility index (Phi) is 5.10. The molecule has 8 heteroatoms. The largest absolute Gasteiger partial charge is 0.458 e. The van der Waals surface area contributed by atoms with E-state index in [1.54, 1.807) is 18.2 Å². The van der Waals surface area contributed by atoms with Gasteiger partial charge in [-0.2, -0.15) is 0 Å². The standard InChI is InChI=1S/C29H32O8/c1-16-12-21-20-8-7-18-13-19(31)9-10-26(18,3)29(20)24(36-29)14-27(21,4)28(16,23(32)15-35-17(2)30)37-25(33)22-6-5-11-34-22/h5-6,9-11,13,16,20-21,24H,7-8,12,14-15H2,1-4H3/t16-,20+,21+,24-,26+,27+,28+,29-/m1/s1. The Labute approximate surface area is 215 Å².